The highest BCUT2D eigenvalue weighted by atomic mass is 19.1. The zero-order chi connectivity index (χ0) is 17.4. The number of nitrogens with one attached hydrogen (secondary N) is 1. The minimum atomic E-state index is -0.258. The highest BCUT2D eigenvalue weighted by Crippen LogP contribution is 2.33. The minimum Gasteiger partial charge on any atom is -0.330 e. The van der Waals surface area contributed by atoms with Gasteiger partial charge in [0.25, 0.3) is 5.91 Å². The van der Waals surface area contributed by atoms with Crippen molar-refractivity contribution in [2.45, 2.75) is 32.2 Å². The molecule has 128 valence electrons. The third-order valence-corrected chi connectivity index (χ3v) is 4.94. The second-order valence-electron chi connectivity index (χ2n) is 6.68. The number of halogens is 1. The summed E-state index contributed by atoms with van der Waals surface area (Å²) in [5, 5.41) is 8.08. The molecule has 0 radical (unpaired) electrons. The molecule has 0 unspecified atom stereocenters. The number of piperidine rings is 1. The molecule has 1 N–H and O–H groups in total. The fourth-order valence-corrected chi connectivity index (χ4v) is 3.63. The molecule has 4 rings (SSSR count). The van der Waals surface area contributed by atoms with Crippen molar-refractivity contribution in [3.05, 3.63) is 65.1 Å². The Balaban J connectivity index is 1.71. The Bertz CT molecular complexity index is 916. The van der Waals surface area contributed by atoms with Gasteiger partial charge in [-0.3, -0.25) is 9.89 Å². The number of carbonyl (C=O) groups is 1. The Morgan fingerprint density at radius 3 is 2.80 bits per heavy atom. The zero-order valence-corrected chi connectivity index (χ0v) is 14.1. The standard InChI is InChI=1S/C20H20FN3O/c1-13-5-10-17-16(12-13)19(23-22-17)20(25)24-11-3-2-4-18(24)14-6-8-15(21)9-7-14/h5-10,12,18H,2-4,11H2,1H3,(H,22,23)/t18-/m0/s1. The van der Waals surface area contributed by atoms with Gasteiger partial charge in [-0.05, 0) is 56.0 Å². The Hall–Kier alpha value is -2.69. The van der Waals surface area contributed by atoms with Gasteiger partial charge in [0.05, 0.1) is 11.6 Å². The van der Waals surface area contributed by atoms with E-state index in [1.165, 1.54) is 12.1 Å². The number of aryl methyl sites for hydroxylation is 1. The predicted molar refractivity (Wildman–Crippen MR) is 94.9 cm³/mol. The van der Waals surface area contributed by atoms with Gasteiger partial charge in [-0.25, -0.2) is 4.39 Å². The summed E-state index contributed by atoms with van der Waals surface area (Å²) in [4.78, 5) is 15.1. The zero-order valence-electron chi connectivity index (χ0n) is 14.1. The van der Waals surface area contributed by atoms with Crippen LogP contribution in [0.1, 0.15) is 46.9 Å². The second kappa shape index (κ2) is 6.31. The normalized spacial score (nSPS) is 17.8. The van der Waals surface area contributed by atoms with E-state index >= 15 is 0 Å². The third-order valence-electron chi connectivity index (χ3n) is 4.94. The molecule has 1 aromatic heterocycles. The summed E-state index contributed by atoms with van der Waals surface area (Å²) in [6, 6.07) is 12.4. The molecule has 5 heteroatoms. The molecule has 2 heterocycles. The lowest BCUT2D eigenvalue weighted by atomic mass is 9.94. The topological polar surface area (TPSA) is 49.0 Å². The smallest absolute Gasteiger partial charge is 0.275 e. The van der Waals surface area contributed by atoms with Gasteiger partial charge in [0, 0.05) is 11.9 Å². The van der Waals surface area contributed by atoms with Crippen molar-refractivity contribution >= 4 is 16.8 Å². The molecule has 0 spiro atoms. The van der Waals surface area contributed by atoms with Crippen LogP contribution in [-0.2, 0) is 0 Å². The van der Waals surface area contributed by atoms with Crippen molar-refractivity contribution in [1.29, 1.82) is 0 Å². The first-order chi connectivity index (χ1) is 12.1. The van der Waals surface area contributed by atoms with Gasteiger partial charge in [0.15, 0.2) is 5.69 Å². The molecule has 2 aromatic carbocycles. The van der Waals surface area contributed by atoms with E-state index in [1.807, 2.05) is 30.0 Å². The number of nitrogens with zero attached hydrogens (tertiary/aromatic N) is 2. The average Bonchev–Trinajstić information content (AvgIpc) is 3.05. The number of amides is 1. The highest BCUT2D eigenvalue weighted by Gasteiger charge is 2.30. The van der Waals surface area contributed by atoms with E-state index in [-0.39, 0.29) is 17.8 Å². The molecule has 1 fully saturated rings. The fraction of sp³-hybridized carbons (Fsp3) is 0.300. The number of rotatable bonds is 2. The molecule has 25 heavy (non-hydrogen) atoms. The molecular weight excluding hydrogens is 317 g/mol. The van der Waals surface area contributed by atoms with E-state index in [0.717, 1.165) is 41.3 Å². The lowest BCUT2D eigenvalue weighted by molar-refractivity contribution is 0.0607. The summed E-state index contributed by atoms with van der Waals surface area (Å²) in [6.07, 6.45) is 2.93. The van der Waals surface area contributed by atoms with E-state index in [1.54, 1.807) is 12.1 Å². The second-order valence-corrected chi connectivity index (χ2v) is 6.68. The maximum Gasteiger partial charge on any atom is 0.275 e. The molecule has 1 aliphatic rings. The van der Waals surface area contributed by atoms with Crippen LogP contribution in [0.15, 0.2) is 42.5 Å². The average molecular weight is 337 g/mol. The third kappa shape index (κ3) is 2.90. The number of likely N-dealkylation sites (tertiary alicyclic amines) is 1. The summed E-state index contributed by atoms with van der Waals surface area (Å²) in [7, 11) is 0. The van der Waals surface area contributed by atoms with Gasteiger partial charge in [0.1, 0.15) is 5.82 Å². The predicted octanol–water partition coefficient (Wildman–Crippen LogP) is 4.38. The highest BCUT2D eigenvalue weighted by molar-refractivity contribution is 6.05. The summed E-state index contributed by atoms with van der Waals surface area (Å²) < 4.78 is 13.3. The van der Waals surface area contributed by atoms with E-state index in [2.05, 4.69) is 10.2 Å². The van der Waals surface area contributed by atoms with E-state index in [0.29, 0.717) is 12.2 Å². The molecule has 0 bridgehead atoms. The molecule has 1 amide bonds. The number of H-pyrrole nitrogens is 1. The Morgan fingerprint density at radius 2 is 2.00 bits per heavy atom. The maximum absolute atomic E-state index is 13.3. The van der Waals surface area contributed by atoms with Crippen LogP contribution in [0.4, 0.5) is 4.39 Å². The molecule has 3 aromatic rings. The number of aromatic amines is 1. The largest absolute Gasteiger partial charge is 0.330 e. The molecule has 1 saturated heterocycles. The van der Waals surface area contributed by atoms with Gasteiger partial charge >= 0.3 is 0 Å². The van der Waals surface area contributed by atoms with Gasteiger partial charge in [-0.1, -0.05) is 23.8 Å². The molecule has 4 nitrogen and oxygen atoms in total. The quantitative estimate of drug-likeness (QED) is 0.754. The number of fused-ring (bicyclic) bond motifs is 1. The minimum absolute atomic E-state index is 0.0293. The van der Waals surface area contributed by atoms with E-state index in [4.69, 9.17) is 0 Å². The van der Waals surface area contributed by atoms with Gasteiger partial charge in [-0.2, -0.15) is 5.10 Å². The summed E-state index contributed by atoms with van der Waals surface area (Å²) in [6.45, 7) is 2.70. The summed E-state index contributed by atoms with van der Waals surface area (Å²) in [5.74, 6) is -0.322. The van der Waals surface area contributed by atoms with Gasteiger partial charge < -0.3 is 4.90 Å². The summed E-state index contributed by atoms with van der Waals surface area (Å²) in [5.41, 5.74) is 3.40. The van der Waals surface area contributed by atoms with E-state index in [9.17, 15) is 9.18 Å². The van der Waals surface area contributed by atoms with Gasteiger partial charge in [-0.15, -0.1) is 0 Å². The summed E-state index contributed by atoms with van der Waals surface area (Å²) >= 11 is 0. The molecule has 0 aliphatic carbocycles. The van der Waals surface area contributed by atoms with Crippen molar-refractivity contribution < 1.29 is 9.18 Å². The SMILES string of the molecule is Cc1ccc2[nH]nc(C(=O)N3CCCC[C@H]3c3ccc(F)cc3)c2c1. The number of carbonyl (C=O) groups excluding carboxylic acids is 1. The number of benzene rings is 2. The molecule has 1 aliphatic heterocycles. The molecule has 1 atom stereocenters. The van der Waals surface area contributed by atoms with Crippen molar-refractivity contribution in [2.75, 3.05) is 6.54 Å². The van der Waals surface area contributed by atoms with E-state index < -0.39 is 0 Å². The van der Waals surface area contributed by atoms with Crippen LogP contribution in [0, 0.1) is 12.7 Å². The lowest BCUT2D eigenvalue weighted by Crippen LogP contribution is -2.38. The van der Waals surface area contributed by atoms with Crippen LogP contribution >= 0.6 is 0 Å². The van der Waals surface area contributed by atoms with Crippen LogP contribution in [0.2, 0.25) is 0 Å². The monoisotopic (exact) mass is 337 g/mol. The van der Waals surface area contributed by atoms with Gasteiger partial charge in [0.2, 0.25) is 0 Å². The van der Waals surface area contributed by atoms with Crippen molar-refractivity contribution in [3.63, 3.8) is 0 Å². The van der Waals surface area contributed by atoms with Crippen molar-refractivity contribution in [2.24, 2.45) is 0 Å². The van der Waals surface area contributed by atoms with Crippen LogP contribution in [0.3, 0.4) is 0 Å². The molecule has 0 saturated carbocycles. The first kappa shape index (κ1) is 15.8. The maximum atomic E-state index is 13.3. The first-order valence-electron chi connectivity index (χ1n) is 8.64. The Labute approximate surface area is 145 Å². The number of hydrogen-bond acceptors (Lipinski definition) is 2. The molecular formula is C20H20FN3O. The Kier molecular flexibility index (Phi) is 3.99. The van der Waals surface area contributed by atoms with Crippen LogP contribution in [0.25, 0.3) is 10.9 Å². The fourth-order valence-electron chi connectivity index (χ4n) is 3.63. The van der Waals surface area contributed by atoms with Crippen LogP contribution in [0.5, 0.6) is 0 Å². The van der Waals surface area contributed by atoms with Crippen LogP contribution in [-0.4, -0.2) is 27.5 Å². The Morgan fingerprint density at radius 1 is 1.20 bits per heavy atom. The first-order valence-corrected chi connectivity index (χ1v) is 8.64. The lowest BCUT2D eigenvalue weighted by Gasteiger charge is -2.35. The van der Waals surface area contributed by atoms with Crippen molar-refractivity contribution in [1.82, 2.24) is 15.1 Å². The van der Waals surface area contributed by atoms with Crippen molar-refractivity contribution in [3.8, 4) is 0 Å². The number of aromatic nitrogens is 2. The number of hydrogen-bond donors (Lipinski definition) is 1. The van der Waals surface area contributed by atoms with Crippen LogP contribution < -0.4 is 0 Å².